The minimum atomic E-state index is -0.0271. The van der Waals surface area contributed by atoms with Gasteiger partial charge in [0.1, 0.15) is 0 Å². The zero-order chi connectivity index (χ0) is 15.0. The molecule has 1 aliphatic rings. The average molecular weight is 284 g/mol. The lowest BCUT2D eigenvalue weighted by molar-refractivity contribution is -0.132. The van der Waals surface area contributed by atoms with E-state index >= 15 is 0 Å². The van der Waals surface area contributed by atoms with Crippen molar-refractivity contribution in [2.45, 2.75) is 39.7 Å². The molecule has 0 aliphatic carbocycles. The van der Waals surface area contributed by atoms with Crippen molar-refractivity contribution in [1.82, 2.24) is 20.4 Å². The number of hydrogen-bond acceptors (Lipinski definition) is 3. The van der Waals surface area contributed by atoms with E-state index in [0.717, 1.165) is 13.0 Å². The Morgan fingerprint density at radius 1 is 1.10 bits per heavy atom. The molecule has 1 fully saturated rings. The van der Waals surface area contributed by atoms with E-state index in [1.165, 1.54) is 0 Å². The van der Waals surface area contributed by atoms with Crippen LogP contribution in [0.25, 0.3) is 0 Å². The molecule has 0 aromatic carbocycles. The molecule has 0 atom stereocenters. The first-order chi connectivity index (χ1) is 9.54. The second-order valence-electron chi connectivity index (χ2n) is 5.42. The topological polar surface area (TPSA) is 64.7 Å². The third-order valence-electron chi connectivity index (χ3n) is 3.37. The Morgan fingerprint density at radius 3 is 2.25 bits per heavy atom. The summed E-state index contributed by atoms with van der Waals surface area (Å²) in [5, 5.41) is 6.09. The summed E-state index contributed by atoms with van der Waals surface area (Å²) in [6, 6.07) is 0.437. The fourth-order valence-corrected chi connectivity index (χ4v) is 2.21. The van der Waals surface area contributed by atoms with Gasteiger partial charge in [-0.05, 0) is 19.9 Å². The van der Waals surface area contributed by atoms with Gasteiger partial charge in [-0.1, -0.05) is 13.8 Å². The monoisotopic (exact) mass is 284 g/mol. The zero-order valence-corrected chi connectivity index (χ0v) is 12.9. The number of rotatable bonds is 6. The van der Waals surface area contributed by atoms with Crippen molar-refractivity contribution in [2.75, 3.05) is 39.3 Å². The third-order valence-corrected chi connectivity index (χ3v) is 3.37. The molecule has 0 aromatic heterocycles. The van der Waals surface area contributed by atoms with E-state index in [0.29, 0.717) is 45.2 Å². The van der Waals surface area contributed by atoms with Crippen molar-refractivity contribution in [1.29, 1.82) is 0 Å². The van der Waals surface area contributed by atoms with Crippen LogP contribution in [0.3, 0.4) is 0 Å². The van der Waals surface area contributed by atoms with Crippen LogP contribution < -0.4 is 10.6 Å². The fourth-order valence-electron chi connectivity index (χ4n) is 2.21. The first kappa shape index (κ1) is 16.8. The number of amides is 3. The summed E-state index contributed by atoms with van der Waals surface area (Å²) in [5.74, 6) is 0.200. The number of piperazine rings is 1. The molecule has 1 aliphatic heterocycles. The molecule has 1 heterocycles. The Kier molecular flexibility index (Phi) is 7.36. The van der Waals surface area contributed by atoms with Crippen molar-refractivity contribution in [2.24, 2.45) is 0 Å². The van der Waals surface area contributed by atoms with Crippen molar-refractivity contribution in [3.63, 3.8) is 0 Å². The Labute approximate surface area is 121 Å². The highest BCUT2D eigenvalue weighted by Crippen LogP contribution is 2.05. The van der Waals surface area contributed by atoms with Crippen molar-refractivity contribution in [3.8, 4) is 0 Å². The first-order valence-corrected chi connectivity index (χ1v) is 7.58. The molecule has 3 amide bonds. The summed E-state index contributed by atoms with van der Waals surface area (Å²) in [7, 11) is 0. The van der Waals surface area contributed by atoms with Gasteiger partial charge in [0.2, 0.25) is 5.91 Å². The number of carbonyl (C=O) groups is 2. The van der Waals surface area contributed by atoms with Gasteiger partial charge in [-0.15, -0.1) is 0 Å². The van der Waals surface area contributed by atoms with Gasteiger partial charge >= 0.3 is 6.03 Å². The van der Waals surface area contributed by atoms with Gasteiger partial charge < -0.3 is 20.4 Å². The Hall–Kier alpha value is -1.30. The molecule has 116 valence electrons. The Bertz CT molecular complexity index is 312. The molecule has 0 radical (unpaired) electrons. The largest absolute Gasteiger partial charge is 0.339 e. The van der Waals surface area contributed by atoms with Gasteiger partial charge in [0, 0.05) is 45.2 Å². The van der Waals surface area contributed by atoms with Crippen LogP contribution in [0, 0.1) is 0 Å². The van der Waals surface area contributed by atoms with E-state index in [-0.39, 0.29) is 11.9 Å². The highest BCUT2D eigenvalue weighted by atomic mass is 16.2. The van der Waals surface area contributed by atoms with E-state index in [9.17, 15) is 9.59 Å². The van der Waals surface area contributed by atoms with E-state index < -0.39 is 0 Å². The number of nitrogens with one attached hydrogen (secondary N) is 2. The maximum Gasteiger partial charge on any atom is 0.317 e. The molecule has 0 spiro atoms. The molecular weight excluding hydrogens is 256 g/mol. The summed E-state index contributed by atoms with van der Waals surface area (Å²) in [5.41, 5.74) is 0. The molecule has 0 bridgehead atoms. The quantitative estimate of drug-likeness (QED) is 0.704. The molecule has 1 saturated heterocycles. The van der Waals surface area contributed by atoms with Crippen LogP contribution in [-0.2, 0) is 4.79 Å². The molecule has 0 aromatic rings. The summed E-state index contributed by atoms with van der Waals surface area (Å²) in [6.07, 6.45) is 1.45. The Morgan fingerprint density at radius 2 is 1.70 bits per heavy atom. The predicted molar refractivity (Wildman–Crippen MR) is 79.6 cm³/mol. The van der Waals surface area contributed by atoms with Crippen LogP contribution in [0.15, 0.2) is 0 Å². The minimum Gasteiger partial charge on any atom is -0.339 e. The summed E-state index contributed by atoms with van der Waals surface area (Å²) < 4.78 is 0. The number of hydrogen-bond donors (Lipinski definition) is 2. The minimum absolute atomic E-state index is 0.0271. The van der Waals surface area contributed by atoms with Gasteiger partial charge in [-0.2, -0.15) is 0 Å². The van der Waals surface area contributed by atoms with Crippen molar-refractivity contribution in [3.05, 3.63) is 0 Å². The maximum atomic E-state index is 12.0. The smallest absolute Gasteiger partial charge is 0.317 e. The Balaban J connectivity index is 2.20. The van der Waals surface area contributed by atoms with Crippen LogP contribution in [-0.4, -0.2) is 67.0 Å². The standard InChI is InChI=1S/C14H28N4O2/c1-4-15-14(20)18-10-8-17(9-11-18)13(19)6-5-7-16-12(2)3/h12,16H,4-11H2,1-3H3,(H,15,20). The van der Waals surface area contributed by atoms with E-state index in [2.05, 4.69) is 24.5 Å². The lowest BCUT2D eigenvalue weighted by atomic mass is 10.2. The molecule has 0 unspecified atom stereocenters. The lowest BCUT2D eigenvalue weighted by Gasteiger charge is -2.34. The molecular formula is C14H28N4O2. The SMILES string of the molecule is CCNC(=O)N1CCN(C(=O)CCCNC(C)C)CC1. The van der Waals surface area contributed by atoms with Crippen LogP contribution in [0.1, 0.15) is 33.6 Å². The van der Waals surface area contributed by atoms with Gasteiger partial charge in [-0.3, -0.25) is 4.79 Å². The van der Waals surface area contributed by atoms with Crippen LogP contribution in [0.4, 0.5) is 4.79 Å². The van der Waals surface area contributed by atoms with Gasteiger partial charge in [0.05, 0.1) is 0 Å². The zero-order valence-electron chi connectivity index (χ0n) is 12.9. The highest BCUT2D eigenvalue weighted by molar-refractivity contribution is 5.77. The molecule has 0 saturated carbocycles. The van der Waals surface area contributed by atoms with E-state index in [4.69, 9.17) is 0 Å². The average Bonchev–Trinajstić information content (AvgIpc) is 2.43. The summed E-state index contributed by atoms with van der Waals surface area (Å²) in [4.78, 5) is 27.3. The number of urea groups is 1. The summed E-state index contributed by atoms with van der Waals surface area (Å²) >= 11 is 0. The van der Waals surface area contributed by atoms with Crippen LogP contribution >= 0.6 is 0 Å². The van der Waals surface area contributed by atoms with E-state index in [1.807, 2.05) is 11.8 Å². The fraction of sp³-hybridized carbons (Fsp3) is 0.857. The maximum absolute atomic E-state index is 12.0. The normalized spacial score (nSPS) is 15.6. The second kappa shape index (κ2) is 8.79. The van der Waals surface area contributed by atoms with E-state index in [1.54, 1.807) is 4.90 Å². The molecule has 2 N–H and O–H groups in total. The van der Waals surface area contributed by atoms with Gasteiger partial charge in [0.25, 0.3) is 0 Å². The van der Waals surface area contributed by atoms with Crippen LogP contribution in [0.2, 0.25) is 0 Å². The second-order valence-corrected chi connectivity index (χ2v) is 5.42. The first-order valence-electron chi connectivity index (χ1n) is 7.58. The summed E-state index contributed by atoms with van der Waals surface area (Å²) in [6.45, 7) is 10.2. The van der Waals surface area contributed by atoms with Crippen molar-refractivity contribution >= 4 is 11.9 Å². The molecule has 20 heavy (non-hydrogen) atoms. The molecule has 6 heteroatoms. The van der Waals surface area contributed by atoms with Crippen LogP contribution in [0.5, 0.6) is 0 Å². The number of carbonyl (C=O) groups excluding carboxylic acids is 2. The molecule has 6 nitrogen and oxygen atoms in total. The lowest BCUT2D eigenvalue weighted by Crippen LogP contribution is -2.53. The highest BCUT2D eigenvalue weighted by Gasteiger charge is 2.23. The van der Waals surface area contributed by atoms with Gasteiger partial charge in [-0.25, -0.2) is 4.79 Å². The van der Waals surface area contributed by atoms with Crippen molar-refractivity contribution < 1.29 is 9.59 Å². The third kappa shape index (κ3) is 5.77. The number of nitrogens with zero attached hydrogens (tertiary/aromatic N) is 2. The molecule has 1 rings (SSSR count). The van der Waals surface area contributed by atoms with Gasteiger partial charge in [0.15, 0.2) is 0 Å². The predicted octanol–water partition coefficient (Wildman–Crippen LogP) is 0.638.